The van der Waals surface area contributed by atoms with E-state index in [-0.39, 0.29) is 17.5 Å². The third-order valence-electron chi connectivity index (χ3n) is 4.78. The van der Waals surface area contributed by atoms with Gasteiger partial charge in [-0.3, -0.25) is 4.79 Å². The quantitative estimate of drug-likeness (QED) is 0.868. The molecule has 3 rings (SSSR count). The molecular weight excluding hydrogens is 248 g/mol. The van der Waals surface area contributed by atoms with Crippen LogP contribution in [0.1, 0.15) is 50.2 Å². The second-order valence-corrected chi connectivity index (χ2v) is 6.52. The van der Waals surface area contributed by atoms with Crippen LogP contribution in [-0.4, -0.2) is 17.5 Å². The SMILES string of the molecule is CC1(NC(=O)[C@H]2Cc3ccccc3CN2)CCCCC1. The first-order chi connectivity index (χ1) is 9.66. The highest BCUT2D eigenvalue weighted by Gasteiger charge is 2.32. The molecule has 0 bridgehead atoms. The van der Waals surface area contributed by atoms with Gasteiger partial charge in [-0.15, -0.1) is 0 Å². The van der Waals surface area contributed by atoms with Crippen molar-refractivity contribution >= 4 is 5.91 Å². The van der Waals surface area contributed by atoms with E-state index >= 15 is 0 Å². The predicted octanol–water partition coefficient (Wildman–Crippen LogP) is 2.54. The van der Waals surface area contributed by atoms with Gasteiger partial charge in [0.05, 0.1) is 6.04 Å². The lowest BCUT2D eigenvalue weighted by atomic mass is 9.83. The van der Waals surface area contributed by atoms with Crippen molar-refractivity contribution in [2.45, 2.75) is 63.6 Å². The Balaban J connectivity index is 1.64. The van der Waals surface area contributed by atoms with Crippen molar-refractivity contribution in [2.75, 3.05) is 0 Å². The first kappa shape index (κ1) is 13.6. The average Bonchev–Trinajstić information content (AvgIpc) is 2.47. The van der Waals surface area contributed by atoms with Gasteiger partial charge in [0, 0.05) is 12.1 Å². The number of hydrogen-bond acceptors (Lipinski definition) is 2. The van der Waals surface area contributed by atoms with E-state index in [1.54, 1.807) is 0 Å². The van der Waals surface area contributed by atoms with E-state index in [4.69, 9.17) is 0 Å². The number of fused-ring (bicyclic) bond motifs is 1. The molecule has 108 valence electrons. The Bertz CT molecular complexity index is 492. The van der Waals surface area contributed by atoms with Crippen molar-refractivity contribution in [3.63, 3.8) is 0 Å². The molecule has 3 heteroatoms. The Morgan fingerprint density at radius 3 is 2.65 bits per heavy atom. The number of rotatable bonds is 2. The Labute approximate surface area is 121 Å². The molecule has 1 aromatic rings. The van der Waals surface area contributed by atoms with Gasteiger partial charge in [-0.05, 0) is 37.3 Å². The van der Waals surface area contributed by atoms with Gasteiger partial charge in [-0.25, -0.2) is 0 Å². The number of amides is 1. The maximum absolute atomic E-state index is 12.5. The first-order valence-electron chi connectivity index (χ1n) is 7.78. The molecule has 2 N–H and O–H groups in total. The lowest BCUT2D eigenvalue weighted by Gasteiger charge is -2.36. The van der Waals surface area contributed by atoms with E-state index in [2.05, 4.69) is 41.8 Å². The van der Waals surface area contributed by atoms with Gasteiger partial charge in [-0.2, -0.15) is 0 Å². The number of benzene rings is 1. The van der Waals surface area contributed by atoms with Crippen molar-refractivity contribution in [3.05, 3.63) is 35.4 Å². The Morgan fingerprint density at radius 1 is 1.20 bits per heavy atom. The Kier molecular flexibility index (Phi) is 3.79. The molecule has 1 fully saturated rings. The summed E-state index contributed by atoms with van der Waals surface area (Å²) in [5, 5.41) is 6.66. The van der Waals surface area contributed by atoms with Gasteiger partial charge < -0.3 is 10.6 Å². The summed E-state index contributed by atoms with van der Waals surface area (Å²) in [6.07, 6.45) is 6.80. The van der Waals surface area contributed by atoms with Crippen LogP contribution in [0, 0.1) is 0 Å². The van der Waals surface area contributed by atoms with E-state index < -0.39 is 0 Å². The molecule has 0 radical (unpaired) electrons. The second-order valence-electron chi connectivity index (χ2n) is 6.52. The molecule has 1 aliphatic carbocycles. The fourth-order valence-corrected chi connectivity index (χ4v) is 3.48. The average molecular weight is 272 g/mol. The molecular formula is C17H24N2O. The minimum absolute atomic E-state index is 0.00792. The summed E-state index contributed by atoms with van der Waals surface area (Å²) in [5.74, 6) is 0.170. The molecule has 1 heterocycles. The van der Waals surface area contributed by atoms with Crippen LogP contribution in [0.3, 0.4) is 0 Å². The fourth-order valence-electron chi connectivity index (χ4n) is 3.48. The molecule has 1 amide bonds. The van der Waals surface area contributed by atoms with Crippen molar-refractivity contribution in [3.8, 4) is 0 Å². The smallest absolute Gasteiger partial charge is 0.237 e. The second kappa shape index (κ2) is 5.57. The molecule has 1 saturated carbocycles. The molecule has 0 aromatic heterocycles. The summed E-state index contributed by atoms with van der Waals surface area (Å²) in [6.45, 7) is 2.99. The normalized spacial score (nSPS) is 24.8. The largest absolute Gasteiger partial charge is 0.350 e. The molecule has 2 aliphatic rings. The summed E-state index contributed by atoms with van der Waals surface area (Å²) in [6, 6.07) is 8.31. The maximum Gasteiger partial charge on any atom is 0.237 e. The minimum Gasteiger partial charge on any atom is -0.350 e. The van der Waals surface area contributed by atoms with Gasteiger partial charge in [0.25, 0.3) is 0 Å². The van der Waals surface area contributed by atoms with Crippen LogP contribution in [0.25, 0.3) is 0 Å². The van der Waals surface area contributed by atoms with E-state index in [9.17, 15) is 4.79 Å². The summed E-state index contributed by atoms with van der Waals surface area (Å²) < 4.78 is 0. The minimum atomic E-state index is -0.0800. The number of nitrogens with one attached hydrogen (secondary N) is 2. The van der Waals surface area contributed by atoms with Crippen molar-refractivity contribution in [1.29, 1.82) is 0 Å². The molecule has 1 aliphatic heterocycles. The summed E-state index contributed by atoms with van der Waals surface area (Å²) in [5.41, 5.74) is 2.63. The number of hydrogen-bond donors (Lipinski definition) is 2. The van der Waals surface area contributed by atoms with Gasteiger partial charge in [0.1, 0.15) is 0 Å². The number of carbonyl (C=O) groups is 1. The number of carbonyl (C=O) groups excluding carboxylic acids is 1. The molecule has 20 heavy (non-hydrogen) atoms. The molecule has 3 nitrogen and oxygen atoms in total. The highest BCUT2D eigenvalue weighted by Crippen LogP contribution is 2.28. The van der Waals surface area contributed by atoms with Crippen molar-refractivity contribution in [2.24, 2.45) is 0 Å². The lowest BCUT2D eigenvalue weighted by molar-refractivity contribution is -0.125. The van der Waals surface area contributed by atoms with Gasteiger partial charge in [0.15, 0.2) is 0 Å². The molecule has 0 spiro atoms. The summed E-state index contributed by atoms with van der Waals surface area (Å²) >= 11 is 0. The highest BCUT2D eigenvalue weighted by atomic mass is 16.2. The van der Waals surface area contributed by atoms with Crippen LogP contribution in [0.2, 0.25) is 0 Å². The highest BCUT2D eigenvalue weighted by molar-refractivity contribution is 5.83. The van der Waals surface area contributed by atoms with Gasteiger partial charge in [-0.1, -0.05) is 43.5 Å². The van der Waals surface area contributed by atoms with Gasteiger partial charge in [0.2, 0.25) is 5.91 Å². The fraction of sp³-hybridized carbons (Fsp3) is 0.588. The van der Waals surface area contributed by atoms with Crippen LogP contribution in [0.4, 0.5) is 0 Å². The molecule has 0 unspecified atom stereocenters. The third kappa shape index (κ3) is 2.88. The van der Waals surface area contributed by atoms with E-state index in [1.165, 1.54) is 30.4 Å². The zero-order valence-corrected chi connectivity index (χ0v) is 12.2. The van der Waals surface area contributed by atoms with Crippen LogP contribution in [0.5, 0.6) is 0 Å². The molecule has 1 atom stereocenters. The maximum atomic E-state index is 12.5. The zero-order chi connectivity index (χ0) is 14.0. The topological polar surface area (TPSA) is 41.1 Å². The predicted molar refractivity (Wildman–Crippen MR) is 80.4 cm³/mol. The van der Waals surface area contributed by atoms with Crippen molar-refractivity contribution in [1.82, 2.24) is 10.6 Å². The Morgan fingerprint density at radius 2 is 1.90 bits per heavy atom. The monoisotopic (exact) mass is 272 g/mol. The first-order valence-corrected chi connectivity index (χ1v) is 7.78. The van der Waals surface area contributed by atoms with E-state index in [0.29, 0.717) is 0 Å². The zero-order valence-electron chi connectivity index (χ0n) is 12.2. The van der Waals surface area contributed by atoms with E-state index in [0.717, 1.165) is 25.8 Å². The standard InChI is InChI=1S/C17H24N2O/c1-17(9-5-2-6-10-17)19-16(20)15-11-13-7-3-4-8-14(13)12-18-15/h3-4,7-8,15,18H,2,5-6,9-12H2,1H3,(H,19,20)/t15-/m1/s1. The third-order valence-corrected chi connectivity index (χ3v) is 4.78. The lowest BCUT2D eigenvalue weighted by Crippen LogP contribution is -2.55. The van der Waals surface area contributed by atoms with Crippen molar-refractivity contribution < 1.29 is 4.79 Å². The van der Waals surface area contributed by atoms with Crippen LogP contribution in [0.15, 0.2) is 24.3 Å². The Hall–Kier alpha value is -1.35. The summed E-state index contributed by atoms with van der Waals surface area (Å²) in [7, 11) is 0. The summed E-state index contributed by atoms with van der Waals surface area (Å²) in [4.78, 5) is 12.5. The molecule has 1 aromatic carbocycles. The van der Waals surface area contributed by atoms with Crippen LogP contribution >= 0.6 is 0 Å². The van der Waals surface area contributed by atoms with Gasteiger partial charge >= 0.3 is 0 Å². The van der Waals surface area contributed by atoms with Crippen LogP contribution < -0.4 is 10.6 Å². The molecule has 0 saturated heterocycles. The van der Waals surface area contributed by atoms with E-state index in [1.807, 2.05) is 0 Å². The van der Waals surface area contributed by atoms with Crippen LogP contribution in [-0.2, 0) is 17.8 Å².